The molecule has 3 heterocycles. The van der Waals surface area contributed by atoms with Gasteiger partial charge in [-0.25, -0.2) is 18.2 Å². The van der Waals surface area contributed by atoms with Gasteiger partial charge in [0.05, 0.1) is 21.7 Å². The van der Waals surface area contributed by atoms with Gasteiger partial charge in [-0.2, -0.15) is 13.2 Å². The third kappa shape index (κ3) is 4.41. The molecule has 0 aliphatic carbocycles. The van der Waals surface area contributed by atoms with Gasteiger partial charge in [0.15, 0.2) is 17.5 Å². The number of anilines is 1. The molecule has 9 nitrogen and oxygen atoms in total. The molecule has 0 atom stereocenters. The van der Waals surface area contributed by atoms with E-state index in [1.54, 1.807) is 0 Å². The standard InChI is InChI=1S/C27H19F6N5O4/c1-34-24-21(14(27(31,32)33)9-17-23(24)35-20(11-42-3)36(17)2)13-5-4-6-37-19(10-18(25(13)37)38(40)41)26(39)12-7-15(28)22(30)16(29)8-12/h4-10,34H,11H2,1-3H3. The second-order valence-electron chi connectivity index (χ2n) is 9.21. The zero-order valence-corrected chi connectivity index (χ0v) is 21.9. The molecule has 0 aliphatic heterocycles. The van der Waals surface area contributed by atoms with Gasteiger partial charge in [0.25, 0.3) is 5.69 Å². The third-order valence-electron chi connectivity index (χ3n) is 6.81. The van der Waals surface area contributed by atoms with Crippen LogP contribution < -0.4 is 5.32 Å². The normalized spacial score (nSPS) is 11.9. The lowest BCUT2D eigenvalue weighted by Crippen LogP contribution is -2.11. The Balaban J connectivity index is 1.88. The molecule has 0 spiro atoms. The average molecular weight is 591 g/mol. The van der Waals surface area contributed by atoms with E-state index in [1.807, 2.05) is 0 Å². The summed E-state index contributed by atoms with van der Waals surface area (Å²) in [6.45, 7) is -0.0131. The minimum absolute atomic E-state index is 0.0131. The summed E-state index contributed by atoms with van der Waals surface area (Å²) >= 11 is 0. The third-order valence-corrected chi connectivity index (χ3v) is 6.81. The number of aromatic nitrogens is 3. The fraction of sp³-hybridized carbons (Fsp3) is 0.185. The van der Waals surface area contributed by atoms with Gasteiger partial charge >= 0.3 is 6.18 Å². The molecule has 0 bridgehead atoms. The molecule has 0 aliphatic rings. The number of hydrogen-bond donors (Lipinski definition) is 1. The Bertz CT molecular complexity index is 1910. The smallest absolute Gasteiger partial charge is 0.386 e. The van der Waals surface area contributed by atoms with E-state index in [4.69, 9.17) is 4.74 Å². The molecule has 0 radical (unpaired) electrons. The van der Waals surface area contributed by atoms with Gasteiger partial charge in [-0.3, -0.25) is 14.9 Å². The molecule has 15 heteroatoms. The number of carbonyl (C=O) groups excluding carboxylic acids is 1. The molecule has 0 saturated heterocycles. The predicted molar refractivity (Wildman–Crippen MR) is 139 cm³/mol. The van der Waals surface area contributed by atoms with Crippen LogP contribution in [0.15, 0.2) is 42.6 Å². The number of benzene rings is 2. The van der Waals surface area contributed by atoms with Gasteiger partial charge < -0.3 is 19.0 Å². The fourth-order valence-corrected chi connectivity index (χ4v) is 4.96. The number of methoxy groups -OCH3 is 1. The minimum Gasteiger partial charge on any atom is -0.386 e. The molecule has 5 aromatic rings. The molecule has 0 unspecified atom stereocenters. The molecule has 5 rings (SSSR count). The molecule has 42 heavy (non-hydrogen) atoms. The monoisotopic (exact) mass is 591 g/mol. The van der Waals surface area contributed by atoms with Crippen LogP contribution in [0.5, 0.6) is 0 Å². The van der Waals surface area contributed by atoms with Crippen LogP contribution in [-0.2, 0) is 24.6 Å². The van der Waals surface area contributed by atoms with Crippen LogP contribution in [-0.4, -0.2) is 38.8 Å². The number of aryl methyl sites for hydroxylation is 1. The van der Waals surface area contributed by atoms with Crippen molar-refractivity contribution in [1.29, 1.82) is 0 Å². The minimum atomic E-state index is -4.95. The van der Waals surface area contributed by atoms with Crippen LogP contribution >= 0.6 is 0 Å². The van der Waals surface area contributed by atoms with Gasteiger partial charge in [0.2, 0.25) is 5.78 Å². The fourth-order valence-electron chi connectivity index (χ4n) is 4.96. The Labute approximate surface area is 232 Å². The van der Waals surface area contributed by atoms with Gasteiger partial charge in [-0.05, 0) is 24.3 Å². The molecule has 1 N–H and O–H groups in total. The number of nitrogens with one attached hydrogen (secondary N) is 1. The molecule has 2 aromatic carbocycles. The van der Waals surface area contributed by atoms with E-state index in [1.165, 1.54) is 44.1 Å². The van der Waals surface area contributed by atoms with Crippen molar-refractivity contribution in [2.45, 2.75) is 12.8 Å². The predicted octanol–water partition coefficient (Wildman–Crippen LogP) is 6.26. The van der Waals surface area contributed by atoms with Crippen molar-refractivity contribution in [2.24, 2.45) is 7.05 Å². The maximum atomic E-state index is 14.6. The van der Waals surface area contributed by atoms with E-state index < -0.39 is 67.9 Å². The summed E-state index contributed by atoms with van der Waals surface area (Å²) in [7, 11) is 4.27. The summed E-state index contributed by atoms with van der Waals surface area (Å²) in [5.74, 6) is -5.98. The number of rotatable bonds is 7. The van der Waals surface area contributed by atoms with Crippen molar-refractivity contribution < 1.29 is 40.8 Å². The van der Waals surface area contributed by atoms with Crippen molar-refractivity contribution in [3.05, 3.63) is 92.8 Å². The van der Waals surface area contributed by atoms with Gasteiger partial charge in [-0.1, -0.05) is 6.07 Å². The second-order valence-corrected chi connectivity index (χ2v) is 9.21. The molecule has 0 amide bonds. The van der Waals surface area contributed by atoms with E-state index in [0.29, 0.717) is 18.0 Å². The number of ketones is 1. The van der Waals surface area contributed by atoms with Crippen LogP contribution in [0, 0.1) is 27.6 Å². The highest BCUT2D eigenvalue weighted by molar-refractivity contribution is 6.11. The first kappa shape index (κ1) is 28.6. The summed E-state index contributed by atoms with van der Waals surface area (Å²) in [4.78, 5) is 28.9. The maximum Gasteiger partial charge on any atom is 0.417 e. The van der Waals surface area contributed by atoms with Crippen molar-refractivity contribution >= 4 is 33.7 Å². The van der Waals surface area contributed by atoms with Crippen molar-refractivity contribution in [2.75, 3.05) is 19.5 Å². The highest BCUT2D eigenvalue weighted by Gasteiger charge is 2.38. The molecule has 0 saturated carbocycles. The summed E-state index contributed by atoms with van der Waals surface area (Å²) in [6, 6.07) is 4.96. The number of fused-ring (bicyclic) bond motifs is 2. The number of pyridine rings is 1. The molecular formula is C27H19F6N5O4. The quantitative estimate of drug-likeness (QED) is 0.0789. The molecule has 218 valence electrons. The Morgan fingerprint density at radius 1 is 1.14 bits per heavy atom. The number of hydrogen-bond acceptors (Lipinski definition) is 6. The Morgan fingerprint density at radius 3 is 2.38 bits per heavy atom. The van der Waals surface area contributed by atoms with E-state index in [2.05, 4.69) is 10.3 Å². The number of imidazole rings is 1. The summed E-state index contributed by atoms with van der Waals surface area (Å²) < 4.78 is 92.6. The zero-order chi connectivity index (χ0) is 30.7. The van der Waals surface area contributed by atoms with Gasteiger partial charge in [0, 0.05) is 50.2 Å². The Morgan fingerprint density at radius 2 is 1.81 bits per heavy atom. The van der Waals surface area contributed by atoms with Crippen LogP contribution in [0.4, 0.5) is 37.7 Å². The summed E-state index contributed by atoms with van der Waals surface area (Å²) in [6.07, 6.45) is -3.77. The Hall–Kier alpha value is -4.92. The largest absolute Gasteiger partial charge is 0.417 e. The summed E-state index contributed by atoms with van der Waals surface area (Å²) in [5, 5.41) is 14.9. The van der Waals surface area contributed by atoms with Crippen molar-refractivity contribution in [1.82, 2.24) is 14.0 Å². The molecular weight excluding hydrogens is 572 g/mol. The van der Waals surface area contributed by atoms with Crippen LogP contribution in [0.25, 0.3) is 27.7 Å². The van der Waals surface area contributed by atoms with E-state index >= 15 is 0 Å². The lowest BCUT2D eigenvalue weighted by molar-refractivity contribution is -0.383. The zero-order valence-electron chi connectivity index (χ0n) is 21.9. The van der Waals surface area contributed by atoms with Crippen LogP contribution in [0.2, 0.25) is 0 Å². The van der Waals surface area contributed by atoms with Crippen molar-refractivity contribution in [3.63, 3.8) is 0 Å². The highest BCUT2D eigenvalue weighted by atomic mass is 19.4. The van der Waals surface area contributed by atoms with Crippen LogP contribution in [0.3, 0.4) is 0 Å². The first-order chi connectivity index (χ1) is 19.8. The molecule has 3 aromatic heterocycles. The van der Waals surface area contributed by atoms with E-state index in [-0.39, 0.29) is 28.9 Å². The topological polar surface area (TPSA) is 104 Å². The first-order valence-corrected chi connectivity index (χ1v) is 12.0. The van der Waals surface area contributed by atoms with E-state index in [9.17, 15) is 41.3 Å². The van der Waals surface area contributed by atoms with Crippen LogP contribution in [0.1, 0.15) is 27.4 Å². The number of ether oxygens (including phenoxy) is 1. The lowest BCUT2D eigenvalue weighted by Gasteiger charge is -2.19. The van der Waals surface area contributed by atoms with Crippen molar-refractivity contribution in [3.8, 4) is 11.1 Å². The number of alkyl halides is 3. The first-order valence-electron chi connectivity index (χ1n) is 12.0. The van der Waals surface area contributed by atoms with E-state index in [0.717, 1.165) is 16.5 Å². The Kier molecular flexibility index (Phi) is 6.92. The number of carbonyl (C=O) groups is 1. The lowest BCUT2D eigenvalue weighted by atomic mass is 9.95. The summed E-state index contributed by atoms with van der Waals surface area (Å²) in [5.41, 5.74) is -4.10. The molecule has 0 fully saturated rings. The second kappa shape index (κ2) is 10.2. The SMILES string of the molecule is CNc1c(-c2cccn3c(C(=O)c4cc(F)c(F)c(F)c4)cc([N+](=O)[O-])c23)c(C(F)(F)F)cc2c1nc(COC)n2C. The highest BCUT2D eigenvalue weighted by Crippen LogP contribution is 2.47. The van der Waals surface area contributed by atoms with Gasteiger partial charge in [-0.15, -0.1) is 0 Å². The maximum absolute atomic E-state index is 14.6. The number of nitrogens with zero attached hydrogens (tertiary/aromatic N) is 4. The number of halogens is 6. The average Bonchev–Trinajstić information content (AvgIpc) is 3.48. The number of nitro groups is 1. The van der Waals surface area contributed by atoms with Gasteiger partial charge in [0.1, 0.15) is 29.2 Å².